The monoisotopic (exact) mass is 334 g/mol. The van der Waals surface area contributed by atoms with Gasteiger partial charge in [0.2, 0.25) is 0 Å². The molecule has 0 radical (unpaired) electrons. The van der Waals surface area contributed by atoms with Crippen molar-refractivity contribution in [1.29, 1.82) is 0 Å². The third kappa shape index (κ3) is 3.98. The quantitative estimate of drug-likeness (QED) is 0.904. The van der Waals surface area contributed by atoms with E-state index < -0.39 is 0 Å². The van der Waals surface area contributed by atoms with Crippen LogP contribution in [0.15, 0.2) is 18.2 Å². The first-order valence-corrected chi connectivity index (χ1v) is 8.82. The van der Waals surface area contributed by atoms with Crippen LogP contribution in [0.2, 0.25) is 0 Å². The minimum Gasteiger partial charge on any atom is -0.367 e. The molecular formula is C18H27FN4O. The molecule has 2 amide bonds. The van der Waals surface area contributed by atoms with E-state index in [0.717, 1.165) is 57.8 Å². The molecule has 2 aliphatic rings. The van der Waals surface area contributed by atoms with Crippen LogP contribution in [0.3, 0.4) is 0 Å². The van der Waals surface area contributed by atoms with Crippen molar-refractivity contribution >= 4 is 17.4 Å². The number of anilines is 2. The third-order valence-electron chi connectivity index (χ3n) is 4.99. The summed E-state index contributed by atoms with van der Waals surface area (Å²) >= 11 is 0. The molecule has 3 rings (SSSR count). The highest BCUT2D eigenvalue weighted by molar-refractivity contribution is 5.93. The van der Waals surface area contributed by atoms with E-state index >= 15 is 0 Å². The number of carbonyl (C=O) groups excluding carboxylic acids is 1. The first kappa shape index (κ1) is 17.0. The highest BCUT2D eigenvalue weighted by Gasteiger charge is 2.23. The van der Waals surface area contributed by atoms with Gasteiger partial charge in [-0.3, -0.25) is 0 Å². The first-order chi connectivity index (χ1) is 11.5. The second-order valence-corrected chi connectivity index (χ2v) is 7.08. The largest absolute Gasteiger partial charge is 0.367 e. The molecule has 2 fully saturated rings. The van der Waals surface area contributed by atoms with Gasteiger partial charge in [0, 0.05) is 39.3 Å². The molecule has 0 aliphatic carbocycles. The van der Waals surface area contributed by atoms with Gasteiger partial charge in [0.25, 0.3) is 0 Å². The normalized spacial score (nSPS) is 22.5. The maximum atomic E-state index is 13.7. The van der Waals surface area contributed by atoms with Crippen molar-refractivity contribution in [2.45, 2.75) is 19.8 Å². The minimum atomic E-state index is -0.324. The van der Waals surface area contributed by atoms with E-state index in [-0.39, 0.29) is 11.8 Å². The van der Waals surface area contributed by atoms with Crippen molar-refractivity contribution in [3.8, 4) is 0 Å². The molecule has 1 unspecified atom stereocenters. The van der Waals surface area contributed by atoms with Crippen molar-refractivity contribution < 1.29 is 9.18 Å². The lowest BCUT2D eigenvalue weighted by Gasteiger charge is -2.36. The van der Waals surface area contributed by atoms with Crippen LogP contribution in [0.4, 0.5) is 20.6 Å². The number of nitrogens with one attached hydrogen (secondary N) is 1. The van der Waals surface area contributed by atoms with Crippen LogP contribution in [0.25, 0.3) is 0 Å². The number of piperazine rings is 1. The van der Waals surface area contributed by atoms with Gasteiger partial charge in [-0.05, 0) is 44.0 Å². The van der Waals surface area contributed by atoms with Crippen molar-refractivity contribution in [3.05, 3.63) is 24.0 Å². The Kier molecular flexibility index (Phi) is 5.23. The fourth-order valence-electron chi connectivity index (χ4n) is 3.50. The Morgan fingerprint density at radius 3 is 2.67 bits per heavy atom. The van der Waals surface area contributed by atoms with Gasteiger partial charge in [-0.15, -0.1) is 0 Å². The molecular weight excluding hydrogens is 307 g/mol. The molecule has 132 valence electrons. The molecule has 0 saturated carbocycles. The van der Waals surface area contributed by atoms with Crippen LogP contribution in [-0.4, -0.2) is 62.1 Å². The number of hydrogen-bond donors (Lipinski definition) is 1. The Hall–Kier alpha value is -1.82. The van der Waals surface area contributed by atoms with Crippen molar-refractivity contribution in [3.63, 3.8) is 0 Å². The van der Waals surface area contributed by atoms with Gasteiger partial charge < -0.3 is 20.0 Å². The average molecular weight is 334 g/mol. The molecule has 0 spiro atoms. The topological polar surface area (TPSA) is 38.8 Å². The zero-order valence-corrected chi connectivity index (χ0v) is 14.6. The van der Waals surface area contributed by atoms with E-state index in [1.165, 1.54) is 12.1 Å². The zero-order chi connectivity index (χ0) is 17.1. The second kappa shape index (κ2) is 7.38. The number of urea groups is 1. The molecule has 1 atom stereocenters. The molecule has 1 N–H and O–H groups in total. The average Bonchev–Trinajstić information content (AvgIpc) is 2.56. The lowest BCUT2D eigenvalue weighted by molar-refractivity contribution is 0.182. The van der Waals surface area contributed by atoms with Crippen LogP contribution in [0.5, 0.6) is 0 Å². The standard InChI is InChI=1S/C18H27FN4O/c1-14-4-3-7-23(13-14)18(24)20-16-12-15(19)5-6-17(16)22-10-8-21(2)9-11-22/h5-6,12,14H,3-4,7-11,13H2,1-2H3,(H,20,24). The summed E-state index contributed by atoms with van der Waals surface area (Å²) in [5, 5.41) is 2.94. The van der Waals surface area contributed by atoms with E-state index in [1.54, 1.807) is 6.07 Å². The Morgan fingerprint density at radius 1 is 1.21 bits per heavy atom. The number of amides is 2. The summed E-state index contributed by atoms with van der Waals surface area (Å²) in [5.41, 5.74) is 1.48. The second-order valence-electron chi connectivity index (χ2n) is 7.08. The van der Waals surface area contributed by atoms with Gasteiger partial charge in [0.15, 0.2) is 0 Å². The van der Waals surface area contributed by atoms with E-state index in [0.29, 0.717) is 11.6 Å². The van der Waals surface area contributed by atoms with Crippen molar-refractivity contribution in [1.82, 2.24) is 9.80 Å². The molecule has 6 heteroatoms. The molecule has 2 saturated heterocycles. The first-order valence-electron chi connectivity index (χ1n) is 8.82. The van der Waals surface area contributed by atoms with E-state index in [2.05, 4.69) is 29.1 Å². The summed E-state index contributed by atoms with van der Waals surface area (Å²) in [5.74, 6) is 0.198. The maximum Gasteiger partial charge on any atom is 0.321 e. The number of benzene rings is 1. The number of halogens is 1. The summed E-state index contributed by atoms with van der Waals surface area (Å²) in [7, 11) is 2.10. The predicted molar refractivity (Wildman–Crippen MR) is 95.1 cm³/mol. The molecule has 1 aromatic rings. The number of hydrogen-bond acceptors (Lipinski definition) is 3. The molecule has 2 aliphatic heterocycles. The summed E-state index contributed by atoms with van der Waals surface area (Å²) in [4.78, 5) is 18.9. The van der Waals surface area contributed by atoms with Crippen molar-refractivity contribution in [2.75, 3.05) is 56.5 Å². The van der Waals surface area contributed by atoms with Crippen LogP contribution in [0.1, 0.15) is 19.8 Å². The summed E-state index contributed by atoms with van der Waals surface area (Å²) in [6.45, 7) is 7.40. The zero-order valence-electron chi connectivity index (χ0n) is 14.6. The highest BCUT2D eigenvalue weighted by atomic mass is 19.1. The Bertz CT molecular complexity index is 586. The molecule has 1 aromatic carbocycles. The van der Waals surface area contributed by atoms with E-state index in [1.807, 2.05) is 4.90 Å². The number of carbonyl (C=O) groups is 1. The van der Waals surface area contributed by atoms with Gasteiger partial charge in [-0.2, -0.15) is 0 Å². The molecule has 0 bridgehead atoms. The third-order valence-corrected chi connectivity index (χ3v) is 4.99. The SMILES string of the molecule is CC1CCCN(C(=O)Nc2cc(F)ccc2N2CCN(C)CC2)C1. The van der Waals surface area contributed by atoms with Crippen molar-refractivity contribution in [2.24, 2.45) is 5.92 Å². The van der Waals surface area contributed by atoms with E-state index in [9.17, 15) is 9.18 Å². The highest BCUT2D eigenvalue weighted by Crippen LogP contribution is 2.28. The predicted octanol–water partition coefficient (Wildman–Crippen LogP) is 2.84. The Balaban J connectivity index is 1.74. The van der Waals surface area contributed by atoms with Gasteiger partial charge >= 0.3 is 6.03 Å². The Morgan fingerprint density at radius 2 is 1.96 bits per heavy atom. The summed E-state index contributed by atoms with van der Waals surface area (Å²) < 4.78 is 13.7. The van der Waals surface area contributed by atoms with Gasteiger partial charge in [0.05, 0.1) is 11.4 Å². The summed E-state index contributed by atoms with van der Waals surface area (Å²) in [6, 6.07) is 4.54. The van der Waals surface area contributed by atoms with Crippen LogP contribution in [0, 0.1) is 11.7 Å². The lowest BCUT2D eigenvalue weighted by atomic mass is 10.0. The fraction of sp³-hybridized carbons (Fsp3) is 0.611. The molecule has 24 heavy (non-hydrogen) atoms. The van der Waals surface area contributed by atoms with Crippen LogP contribution >= 0.6 is 0 Å². The van der Waals surface area contributed by atoms with E-state index in [4.69, 9.17) is 0 Å². The maximum absolute atomic E-state index is 13.7. The Labute approximate surface area is 143 Å². The smallest absolute Gasteiger partial charge is 0.321 e. The number of nitrogens with zero attached hydrogens (tertiary/aromatic N) is 3. The lowest BCUT2D eigenvalue weighted by Crippen LogP contribution is -2.45. The van der Waals surface area contributed by atoms with Gasteiger partial charge in [-0.1, -0.05) is 6.92 Å². The summed E-state index contributed by atoms with van der Waals surface area (Å²) in [6.07, 6.45) is 2.19. The molecule has 5 nitrogen and oxygen atoms in total. The van der Waals surface area contributed by atoms with Crippen LogP contribution < -0.4 is 10.2 Å². The van der Waals surface area contributed by atoms with Crippen LogP contribution in [-0.2, 0) is 0 Å². The molecule has 2 heterocycles. The van der Waals surface area contributed by atoms with Gasteiger partial charge in [0.1, 0.15) is 5.82 Å². The number of piperidine rings is 1. The fourth-order valence-corrected chi connectivity index (χ4v) is 3.50. The number of rotatable bonds is 2. The molecule has 0 aromatic heterocycles. The number of likely N-dealkylation sites (N-methyl/N-ethyl adjacent to an activating group) is 1. The van der Waals surface area contributed by atoms with Gasteiger partial charge in [-0.25, -0.2) is 9.18 Å². The number of likely N-dealkylation sites (tertiary alicyclic amines) is 1. The minimum absolute atomic E-state index is 0.123.